The van der Waals surface area contributed by atoms with E-state index in [1.807, 2.05) is 6.92 Å². The van der Waals surface area contributed by atoms with E-state index in [1.165, 1.54) is 4.90 Å². The zero-order valence-electron chi connectivity index (χ0n) is 34.4. The molecule has 2 atom stereocenters. The lowest BCUT2D eigenvalue weighted by Gasteiger charge is -2.35. The maximum atomic E-state index is 14.0. The van der Waals surface area contributed by atoms with Gasteiger partial charge in [0, 0.05) is 41.3 Å². The van der Waals surface area contributed by atoms with Crippen molar-refractivity contribution in [2.45, 2.75) is 97.6 Å². The minimum Gasteiger partial charge on any atom is -0.508 e. The van der Waals surface area contributed by atoms with E-state index in [0.29, 0.717) is 55.0 Å². The van der Waals surface area contributed by atoms with E-state index in [1.54, 1.807) is 53.6 Å². The Balaban J connectivity index is 0.801. The number of imide groups is 1. The number of nitrogens with one attached hydrogen (secondary N) is 1. The minimum atomic E-state index is -1.93. The molecule has 3 aromatic heterocycles. The number of likely N-dealkylation sites (tertiary alicyclic amines) is 1. The second-order valence-electron chi connectivity index (χ2n) is 16.2. The van der Waals surface area contributed by atoms with Gasteiger partial charge >= 0.3 is 12.1 Å². The molecule has 6 heterocycles. The molecule has 0 bridgehead atoms. The number of cyclic esters (lactones) is 1. The number of pyridine rings is 2. The number of aromatic hydroxyl groups is 1. The predicted octanol–water partition coefficient (Wildman–Crippen LogP) is 3.63. The number of hydrogen-bond donors (Lipinski definition) is 2. The fourth-order valence-corrected chi connectivity index (χ4v) is 9.08. The molecule has 1 saturated heterocycles. The normalized spacial score (nSPS) is 21.9. The van der Waals surface area contributed by atoms with Crippen LogP contribution in [-0.2, 0) is 76.4 Å². The number of nitrogens with zero attached hydrogens (tertiary/aromatic N) is 6. The number of carbonyl (C=O) groups excluding carboxylic acids is 5. The third kappa shape index (κ3) is 7.95. The Hall–Kier alpha value is -6.17. The lowest BCUT2D eigenvalue weighted by Crippen LogP contribution is -2.47. The quantitative estimate of drug-likeness (QED) is 0.0926. The van der Waals surface area contributed by atoms with Crippen molar-refractivity contribution in [3.63, 3.8) is 0 Å². The van der Waals surface area contributed by atoms with Crippen molar-refractivity contribution in [3.8, 4) is 17.1 Å². The molecule has 4 aliphatic rings. The SMILES string of the molecule is CCc1c2c(nc3ccc(O)cc13)-c1cc3c(c(=O)n1C2)COC(=O)[C@@]3(CC)OC(=O)OCCOCCn1cc(CNC(=O)C2CCC(CN3C(=O)CC(C)C3=O)CC2)nn1. The first-order valence-corrected chi connectivity index (χ1v) is 20.9. The lowest BCUT2D eigenvalue weighted by atomic mass is 9.81. The summed E-state index contributed by atoms with van der Waals surface area (Å²) in [7, 11) is 0. The van der Waals surface area contributed by atoms with E-state index in [-0.39, 0.29) is 110 Å². The summed E-state index contributed by atoms with van der Waals surface area (Å²) >= 11 is 0. The van der Waals surface area contributed by atoms with Crippen molar-refractivity contribution in [1.82, 2.24) is 34.8 Å². The number of esters is 1. The Labute approximate surface area is 350 Å². The Morgan fingerprint density at radius 3 is 2.57 bits per heavy atom. The number of phenolic OH excluding ortho intramolecular Hbond substituents is 1. The molecule has 61 heavy (non-hydrogen) atoms. The van der Waals surface area contributed by atoms with Crippen LogP contribution in [0, 0.1) is 17.8 Å². The van der Waals surface area contributed by atoms with Gasteiger partial charge in [0.15, 0.2) is 0 Å². The summed E-state index contributed by atoms with van der Waals surface area (Å²) in [6.45, 7) is 6.44. The third-order valence-electron chi connectivity index (χ3n) is 12.4. The molecular formula is C43H49N7O11. The average Bonchev–Trinajstić information content (AvgIpc) is 3.93. The second-order valence-corrected chi connectivity index (χ2v) is 16.2. The molecule has 1 aliphatic carbocycles. The molecule has 18 nitrogen and oxygen atoms in total. The summed E-state index contributed by atoms with van der Waals surface area (Å²) in [5.74, 6) is -1.15. The van der Waals surface area contributed by atoms with Gasteiger partial charge < -0.3 is 33.9 Å². The molecular weight excluding hydrogens is 791 g/mol. The van der Waals surface area contributed by atoms with Crippen LogP contribution in [0.1, 0.15) is 87.2 Å². The highest BCUT2D eigenvalue weighted by Crippen LogP contribution is 2.42. The minimum absolute atomic E-state index is 0.0156. The van der Waals surface area contributed by atoms with Crippen LogP contribution in [0.15, 0.2) is 35.3 Å². The number of carbonyl (C=O) groups is 5. The molecule has 0 spiro atoms. The summed E-state index contributed by atoms with van der Waals surface area (Å²) in [5, 5.41) is 22.1. The van der Waals surface area contributed by atoms with Gasteiger partial charge in [-0.3, -0.25) is 24.1 Å². The van der Waals surface area contributed by atoms with Crippen LogP contribution in [-0.4, -0.2) is 90.8 Å². The highest BCUT2D eigenvalue weighted by molar-refractivity contribution is 6.03. The van der Waals surface area contributed by atoms with E-state index >= 15 is 0 Å². The van der Waals surface area contributed by atoms with Crippen molar-refractivity contribution in [2.24, 2.45) is 17.8 Å². The second kappa shape index (κ2) is 17.1. The molecule has 3 amide bonds. The number of rotatable bonds is 14. The maximum absolute atomic E-state index is 14.0. The molecule has 1 aromatic carbocycles. The van der Waals surface area contributed by atoms with Gasteiger partial charge in [-0.05, 0) is 74.3 Å². The lowest BCUT2D eigenvalue weighted by molar-refractivity contribution is -0.175. The first-order valence-electron chi connectivity index (χ1n) is 20.9. The van der Waals surface area contributed by atoms with Crippen LogP contribution in [0.3, 0.4) is 0 Å². The first-order chi connectivity index (χ1) is 29.4. The Morgan fingerprint density at radius 1 is 1.03 bits per heavy atom. The van der Waals surface area contributed by atoms with Crippen molar-refractivity contribution in [1.29, 1.82) is 0 Å². The molecule has 2 N–H and O–H groups in total. The van der Waals surface area contributed by atoms with Crippen LogP contribution in [0.4, 0.5) is 4.79 Å². The zero-order valence-corrected chi connectivity index (χ0v) is 34.4. The molecule has 4 aromatic rings. The maximum Gasteiger partial charge on any atom is 0.509 e. The predicted molar refractivity (Wildman–Crippen MR) is 214 cm³/mol. The third-order valence-corrected chi connectivity index (χ3v) is 12.4. The number of ether oxygens (including phenoxy) is 4. The van der Waals surface area contributed by atoms with Gasteiger partial charge in [0.25, 0.3) is 5.56 Å². The number of aromatic nitrogens is 5. The summed E-state index contributed by atoms with van der Waals surface area (Å²) < 4.78 is 25.2. The fraction of sp³-hybridized carbons (Fsp3) is 0.512. The van der Waals surface area contributed by atoms with Crippen molar-refractivity contribution < 1.29 is 48.0 Å². The first kappa shape index (κ1) is 41.6. The summed E-state index contributed by atoms with van der Waals surface area (Å²) in [4.78, 5) is 84.0. The zero-order chi connectivity index (χ0) is 43.0. The number of amides is 3. The van der Waals surface area contributed by atoms with E-state index in [4.69, 9.17) is 23.9 Å². The summed E-state index contributed by atoms with van der Waals surface area (Å²) in [6, 6.07) is 6.63. The summed E-state index contributed by atoms with van der Waals surface area (Å²) in [6.07, 6.45) is 4.39. The van der Waals surface area contributed by atoms with Gasteiger partial charge in [0.05, 0.1) is 61.5 Å². The van der Waals surface area contributed by atoms with E-state index in [2.05, 4.69) is 15.6 Å². The van der Waals surface area contributed by atoms with Gasteiger partial charge in [-0.1, -0.05) is 26.0 Å². The smallest absolute Gasteiger partial charge is 0.508 e. The molecule has 322 valence electrons. The van der Waals surface area contributed by atoms with Gasteiger partial charge in [0.2, 0.25) is 23.3 Å². The van der Waals surface area contributed by atoms with E-state index in [0.717, 1.165) is 29.4 Å². The largest absolute Gasteiger partial charge is 0.509 e. The van der Waals surface area contributed by atoms with Gasteiger partial charge in [-0.15, -0.1) is 5.10 Å². The fourth-order valence-electron chi connectivity index (χ4n) is 9.08. The van der Waals surface area contributed by atoms with Crippen LogP contribution in [0.5, 0.6) is 5.75 Å². The molecule has 2 fully saturated rings. The highest BCUT2D eigenvalue weighted by atomic mass is 16.7. The topological polar surface area (TPSA) is 223 Å². The summed E-state index contributed by atoms with van der Waals surface area (Å²) in [5.41, 5.74) is 2.23. The molecule has 0 radical (unpaired) electrons. The molecule has 1 saturated carbocycles. The number of hydrogen-bond acceptors (Lipinski definition) is 14. The van der Waals surface area contributed by atoms with Gasteiger partial charge in [-0.25, -0.2) is 19.3 Å². The van der Waals surface area contributed by atoms with Gasteiger partial charge in [-0.2, -0.15) is 0 Å². The Morgan fingerprint density at radius 2 is 1.84 bits per heavy atom. The molecule has 18 heteroatoms. The van der Waals surface area contributed by atoms with Crippen LogP contribution in [0.2, 0.25) is 0 Å². The standard InChI is InChI=1S/C43H49N7O11/c1-4-29-30-17-28(51)10-11-34(30)45-37-31(29)22-49-35(37)18-33-32(40(49)55)23-60-41(56)43(33,5-2)61-42(57)59-15-14-58-13-12-48-21-27(46-47-48)19-44-38(53)26-8-6-25(7-9-26)20-50-36(52)16-24(3)39(50)54/h10-11,17-18,21,24-26,51H,4-9,12-16,19-20,22-23H2,1-3H3,(H,44,53)/t24?,25?,26?,43-/m0/s1. The average molecular weight is 840 g/mol. The number of aryl methyl sites for hydroxylation is 1. The van der Waals surface area contributed by atoms with Gasteiger partial charge in [0.1, 0.15) is 24.7 Å². The monoisotopic (exact) mass is 839 g/mol. The van der Waals surface area contributed by atoms with E-state index < -0.39 is 17.7 Å². The highest BCUT2D eigenvalue weighted by Gasteiger charge is 2.51. The van der Waals surface area contributed by atoms with Crippen LogP contribution < -0.4 is 10.9 Å². The number of benzene rings is 1. The van der Waals surface area contributed by atoms with Crippen molar-refractivity contribution in [2.75, 3.05) is 26.4 Å². The number of fused-ring (bicyclic) bond motifs is 5. The number of phenols is 1. The van der Waals surface area contributed by atoms with Crippen molar-refractivity contribution >= 4 is 40.7 Å². The Bertz CT molecular complexity index is 2470. The van der Waals surface area contributed by atoms with Crippen molar-refractivity contribution in [3.05, 3.63) is 68.8 Å². The van der Waals surface area contributed by atoms with Crippen LogP contribution in [0.25, 0.3) is 22.3 Å². The Kier molecular flexibility index (Phi) is 11.6. The molecule has 3 aliphatic heterocycles. The van der Waals surface area contributed by atoms with Crippen LogP contribution >= 0.6 is 0 Å². The van der Waals surface area contributed by atoms with E-state index in [9.17, 15) is 33.9 Å². The molecule has 1 unspecified atom stereocenters. The molecule has 8 rings (SSSR count).